The number of nitrogens with two attached hydrogens (primary N) is 2. The lowest BCUT2D eigenvalue weighted by molar-refractivity contribution is -0.139. The number of hydrogen-bond donors (Lipinski definition) is 3. The minimum atomic E-state index is -1.09. The number of carboxylic acids is 1. The zero-order valence-electron chi connectivity index (χ0n) is 18.8. The average molecular weight is 463 g/mol. The van der Waals surface area contributed by atoms with Crippen molar-refractivity contribution in [3.63, 3.8) is 0 Å². The number of carbonyl (C=O) groups is 1. The van der Waals surface area contributed by atoms with Crippen LogP contribution in [0.3, 0.4) is 0 Å². The highest BCUT2D eigenvalue weighted by Gasteiger charge is 2.15. The number of aromatic nitrogens is 3. The summed E-state index contributed by atoms with van der Waals surface area (Å²) in [5.74, 6) is 0.471. The van der Waals surface area contributed by atoms with Gasteiger partial charge in [-0.05, 0) is 30.0 Å². The summed E-state index contributed by atoms with van der Waals surface area (Å²) in [6, 6.07) is 7.06. The number of nitrogen functional groups attached to an aromatic ring is 1. The van der Waals surface area contributed by atoms with Gasteiger partial charge in [-0.25, -0.2) is 9.78 Å². The lowest BCUT2D eigenvalue weighted by Crippen LogP contribution is -2.26. The molecular weight excluding hydrogens is 438 g/mol. The van der Waals surface area contributed by atoms with Crippen molar-refractivity contribution in [2.75, 3.05) is 26.1 Å². The Balaban J connectivity index is 1.80. The van der Waals surface area contributed by atoms with E-state index in [4.69, 9.17) is 30.8 Å². The van der Waals surface area contributed by atoms with Gasteiger partial charge in [0.05, 0.1) is 24.5 Å². The summed E-state index contributed by atoms with van der Waals surface area (Å²) in [4.78, 5) is 24.2. The summed E-state index contributed by atoms with van der Waals surface area (Å²) < 4.78 is 16.5. The van der Waals surface area contributed by atoms with E-state index in [-0.39, 0.29) is 11.8 Å². The highest BCUT2D eigenvalue weighted by Crippen LogP contribution is 2.37. The van der Waals surface area contributed by atoms with Crippen LogP contribution in [-0.4, -0.2) is 52.4 Å². The fourth-order valence-corrected chi connectivity index (χ4v) is 3.46. The zero-order chi connectivity index (χ0) is 24.2. The molecule has 34 heavy (non-hydrogen) atoms. The fraction of sp³-hybridized carbons (Fsp3) is 0.250. The third-order valence-electron chi connectivity index (χ3n) is 5.34. The Morgan fingerprint density at radius 3 is 2.62 bits per heavy atom. The molecular formula is C24H25N5O5. The van der Waals surface area contributed by atoms with Gasteiger partial charge in [-0.3, -0.25) is 9.97 Å². The maximum Gasteiger partial charge on any atom is 0.341 e. The first-order valence-corrected chi connectivity index (χ1v) is 10.6. The molecule has 10 nitrogen and oxygen atoms in total. The predicted molar refractivity (Wildman–Crippen MR) is 128 cm³/mol. The van der Waals surface area contributed by atoms with E-state index in [0.717, 1.165) is 22.8 Å². The monoisotopic (exact) mass is 463 g/mol. The van der Waals surface area contributed by atoms with Crippen molar-refractivity contribution >= 4 is 33.5 Å². The molecule has 0 aliphatic heterocycles. The lowest BCUT2D eigenvalue weighted by atomic mass is 10.0. The summed E-state index contributed by atoms with van der Waals surface area (Å²) in [5, 5.41) is 11.2. The van der Waals surface area contributed by atoms with Crippen LogP contribution in [0.5, 0.6) is 17.2 Å². The molecule has 1 aromatic carbocycles. The zero-order valence-corrected chi connectivity index (χ0v) is 18.8. The van der Waals surface area contributed by atoms with Crippen LogP contribution < -0.4 is 25.7 Å². The van der Waals surface area contributed by atoms with Crippen molar-refractivity contribution in [3.05, 3.63) is 42.9 Å². The molecule has 0 aliphatic rings. The number of nitrogens with zero attached hydrogens (tertiary/aromatic N) is 3. The second kappa shape index (κ2) is 9.75. The first kappa shape index (κ1) is 23.0. The molecule has 4 rings (SSSR count). The summed E-state index contributed by atoms with van der Waals surface area (Å²) in [6.07, 6.45) is 5.74. The second-order valence-corrected chi connectivity index (χ2v) is 7.70. The molecule has 0 radical (unpaired) electrons. The Labute approximate surface area is 195 Å². The van der Waals surface area contributed by atoms with Crippen LogP contribution in [-0.2, 0) is 4.79 Å². The largest absolute Gasteiger partial charge is 0.493 e. The van der Waals surface area contributed by atoms with E-state index in [2.05, 4.69) is 15.0 Å². The van der Waals surface area contributed by atoms with E-state index in [9.17, 15) is 4.79 Å². The first-order chi connectivity index (χ1) is 16.4. The summed E-state index contributed by atoms with van der Waals surface area (Å²) in [5.41, 5.74) is 14.2. The number of aliphatic carboxylic acids is 1. The number of carboxylic acid groups (broad SMARTS) is 1. The number of benzene rings is 1. The van der Waals surface area contributed by atoms with Crippen molar-refractivity contribution in [1.29, 1.82) is 0 Å². The van der Waals surface area contributed by atoms with Crippen LogP contribution in [0.25, 0.3) is 32.9 Å². The molecule has 3 heterocycles. The van der Waals surface area contributed by atoms with Gasteiger partial charge in [-0.2, -0.15) is 0 Å². The van der Waals surface area contributed by atoms with Gasteiger partial charge < -0.3 is 30.8 Å². The highest BCUT2D eigenvalue weighted by atomic mass is 16.5. The van der Waals surface area contributed by atoms with Crippen LogP contribution >= 0.6 is 0 Å². The van der Waals surface area contributed by atoms with Crippen LogP contribution in [0.15, 0.2) is 42.9 Å². The Morgan fingerprint density at radius 1 is 1.06 bits per heavy atom. The number of pyridine rings is 3. The predicted octanol–water partition coefficient (Wildman–Crippen LogP) is 3.02. The van der Waals surface area contributed by atoms with E-state index in [1.165, 1.54) is 7.11 Å². The highest BCUT2D eigenvalue weighted by molar-refractivity contribution is 6.10. The molecule has 0 fully saturated rings. The third kappa shape index (κ3) is 4.76. The Bertz CT molecular complexity index is 1360. The van der Waals surface area contributed by atoms with Gasteiger partial charge in [0.1, 0.15) is 18.2 Å². The molecule has 4 aromatic rings. The van der Waals surface area contributed by atoms with Gasteiger partial charge >= 0.3 is 5.97 Å². The molecule has 176 valence electrons. The molecule has 5 N–H and O–H groups in total. The number of methoxy groups -OCH3 is 1. The molecule has 0 spiro atoms. The van der Waals surface area contributed by atoms with Crippen molar-refractivity contribution in [1.82, 2.24) is 15.0 Å². The quantitative estimate of drug-likeness (QED) is 0.315. The van der Waals surface area contributed by atoms with Crippen molar-refractivity contribution < 1.29 is 24.1 Å². The fourth-order valence-electron chi connectivity index (χ4n) is 3.46. The second-order valence-electron chi connectivity index (χ2n) is 7.70. The molecule has 3 aromatic heterocycles. The van der Waals surface area contributed by atoms with Crippen molar-refractivity contribution in [2.45, 2.75) is 19.4 Å². The third-order valence-corrected chi connectivity index (χ3v) is 5.34. The van der Waals surface area contributed by atoms with Crippen LogP contribution in [0.1, 0.15) is 13.3 Å². The smallest absolute Gasteiger partial charge is 0.341 e. The van der Waals surface area contributed by atoms with Gasteiger partial charge in [0.2, 0.25) is 0 Å². The standard InChI is InChI=1S/C24H25N5O5/c1-3-14(25)11-33-15-4-13(8-27-9-15)19-5-16-17-6-21(32-2)22(34-12-23(30)31)7-20(17)28-10-18(16)24(26)29-19/h4-10,14H,3,11-12,25H2,1-2H3,(H2,26,29)(H,30,31)/t14-/m0/s1. The van der Waals surface area contributed by atoms with Gasteiger partial charge in [0.15, 0.2) is 18.1 Å². The molecule has 0 bridgehead atoms. The van der Waals surface area contributed by atoms with Crippen LogP contribution in [0, 0.1) is 0 Å². The molecule has 0 saturated carbocycles. The number of ether oxygens (including phenoxy) is 3. The Hall–Kier alpha value is -4.18. The number of hydrogen-bond acceptors (Lipinski definition) is 9. The molecule has 0 amide bonds. The van der Waals surface area contributed by atoms with Gasteiger partial charge in [-0.1, -0.05) is 6.92 Å². The maximum atomic E-state index is 10.9. The van der Waals surface area contributed by atoms with Gasteiger partial charge in [0.25, 0.3) is 0 Å². The molecule has 1 atom stereocenters. The van der Waals surface area contributed by atoms with Gasteiger partial charge in [0, 0.05) is 40.8 Å². The topological polar surface area (TPSA) is 156 Å². The normalized spacial score (nSPS) is 12.0. The summed E-state index contributed by atoms with van der Waals surface area (Å²) in [7, 11) is 1.48. The maximum absolute atomic E-state index is 10.9. The number of rotatable bonds is 9. The van der Waals surface area contributed by atoms with E-state index < -0.39 is 12.6 Å². The van der Waals surface area contributed by atoms with Crippen molar-refractivity contribution in [3.8, 4) is 28.5 Å². The van der Waals surface area contributed by atoms with E-state index in [1.807, 2.05) is 19.1 Å². The Kier molecular flexibility index (Phi) is 6.60. The van der Waals surface area contributed by atoms with E-state index >= 15 is 0 Å². The van der Waals surface area contributed by atoms with E-state index in [1.54, 1.807) is 30.7 Å². The molecule has 0 unspecified atom stereocenters. The molecule has 0 saturated heterocycles. The van der Waals surface area contributed by atoms with Crippen LogP contribution in [0.2, 0.25) is 0 Å². The minimum absolute atomic E-state index is 0.0590. The number of anilines is 1. The summed E-state index contributed by atoms with van der Waals surface area (Å²) >= 11 is 0. The average Bonchev–Trinajstić information content (AvgIpc) is 2.85. The van der Waals surface area contributed by atoms with Crippen LogP contribution in [0.4, 0.5) is 5.82 Å². The summed E-state index contributed by atoms with van der Waals surface area (Å²) in [6.45, 7) is 1.89. The molecule has 10 heteroatoms. The number of fused-ring (bicyclic) bond motifs is 3. The van der Waals surface area contributed by atoms with Crippen molar-refractivity contribution in [2.24, 2.45) is 5.73 Å². The van der Waals surface area contributed by atoms with Gasteiger partial charge in [-0.15, -0.1) is 0 Å². The lowest BCUT2D eigenvalue weighted by Gasteiger charge is -2.14. The SMILES string of the molecule is CC[C@H](N)COc1cncc(-c2cc3c(cnc4cc(OCC(=O)O)c(OC)cc43)c(N)n2)c1. The Morgan fingerprint density at radius 2 is 1.88 bits per heavy atom. The van der Waals surface area contributed by atoms with E-state index in [0.29, 0.717) is 40.5 Å². The minimum Gasteiger partial charge on any atom is -0.493 e. The molecule has 0 aliphatic carbocycles. The first-order valence-electron chi connectivity index (χ1n) is 10.6.